The molecule has 0 aliphatic heterocycles. The summed E-state index contributed by atoms with van der Waals surface area (Å²) >= 11 is 0. The molecule has 49 heavy (non-hydrogen) atoms. The molecule has 0 atom stereocenters. The summed E-state index contributed by atoms with van der Waals surface area (Å²) in [5.41, 5.74) is 10.3. The van der Waals surface area contributed by atoms with Crippen LogP contribution in [0.25, 0.3) is 82.5 Å². The second-order valence-electron chi connectivity index (χ2n) is 12.4. The van der Waals surface area contributed by atoms with E-state index in [1.807, 2.05) is 36.4 Å². The van der Waals surface area contributed by atoms with Crippen molar-refractivity contribution in [2.75, 3.05) is 0 Å². The van der Waals surface area contributed by atoms with Crippen molar-refractivity contribution in [3.05, 3.63) is 163 Å². The summed E-state index contributed by atoms with van der Waals surface area (Å²) in [5, 5.41) is 26.2. The van der Waals surface area contributed by atoms with Gasteiger partial charge in [0.1, 0.15) is 6.07 Å². The van der Waals surface area contributed by atoms with Crippen molar-refractivity contribution in [3.8, 4) is 23.1 Å². The van der Waals surface area contributed by atoms with Crippen LogP contribution in [0.1, 0.15) is 11.1 Å². The minimum atomic E-state index is 0.517. The molecule has 10 aromatic rings. The van der Waals surface area contributed by atoms with E-state index in [4.69, 9.17) is 5.41 Å². The molecule has 0 saturated heterocycles. The Hall–Kier alpha value is -6.90. The third kappa shape index (κ3) is 3.71. The highest BCUT2D eigenvalue weighted by Gasteiger charge is 2.23. The lowest BCUT2D eigenvalue weighted by Gasteiger charge is -2.18. The van der Waals surface area contributed by atoms with Gasteiger partial charge in [0.25, 0.3) is 0 Å². The van der Waals surface area contributed by atoms with Crippen LogP contribution in [-0.4, -0.2) is 19.9 Å². The highest BCUT2D eigenvalue weighted by molar-refractivity contribution is 6.19. The van der Waals surface area contributed by atoms with E-state index < -0.39 is 0 Å². The third-order valence-corrected chi connectivity index (χ3v) is 9.98. The van der Waals surface area contributed by atoms with E-state index in [0.717, 1.165) is 71.4 Å². The van der Waals surface area contributed by atoms with Crippen LogP contribution in [0, 0.1) is 16.7 Å². The van der Waals surface area contributed by atoms with Gasteiger partial charge in [0.05, 0.1) is 50.0 Å². The molecule has 0 radical (unpaired) electrons. The maximum atomic E-state index is 10.5. The van der Waals surface area contributed by atoms with Gasteiger partial charge in [-0.25, -0.2) is 0 Å². The van der Waals surface area contributed by atoms with Crippen LogP contribution in [-0.2, 0) is 0 Å². The van der Waals surface area contributed by atoms with Crippen molar-refractivity contribution in [1.29, 1.82) is 10.7 Å². The fourth-order valence-corrected chi connectivity index (χ4v) is 7.97. The number of rotatable bonds is 4. The molecule has 0 bridgehead atoms. The molecule has 5 heteroatoms. The largest absolute Gasteiger partial charge is 0.309 e. The fourth-order valence-electron chi connectivity index (χ4n) is 7.97. The Labute approximate surface area is 281 Å². The topological polar surface area (TPSA) is 62.4 Å². The number of aromatic nitrogens is 3. The first-order valence-electron chi connectivity index (χ1n) is 16.3. The van der Waals surface area contributed by atoms with Crippen molar-refractivity contribution in [1.82, 2.24) is 13.7 Å². The highest BCUT2D eigenvalue weighted by atomic mass is 15.0. The zero-order chi connectivity index (χ0) is 32.6. The summed E-state index contributed by atoms with van der Waals surface area (Å²) in [6.07, 6.45) is 1.41. The van der Waals surface area contributed by atoms with Crippen LogP contribution >= 0.6 is 0 Å². The van der Waals surface area contributed by atoms with E-state index in [9.17, 15) is 5.26 Å². The number of fused-ring (bicyclic) bond motifs is 9. The van der Waals surface area contributed by atoms with Crippen molar-refractivity contribution >= 4 is 71.6 Å². The smallest absolute Gasteiger partial charge is 0.101 e. The molecule has 1 N–H and O–H groups in total. The number of hydrogen-bond acceptors (Lipinski definition) is 2. The zero-order valence-electron chi connectivity index (χ0n) is 26.3. The van der Waals surface area contributed by atoms with E-state index in [1.165, 1.54) is 11.6 Å². The number of benzene rings is 7. The highest BCUT2D eigenvalue weighted by Crippen LogP contribution is 2.41. The molecule has 0 spiro atoms. The van der Waals surface area contributed by atoms with E-state index in [1.54, 1.807) is 0 Å². The van der Waals surface area contributed by atoms with E-state index in [0.29, 0.717) is 16.8 Å². The number of para-hydroxylation sites is 5. The first kappa shape index (κ1) is 27.2. The SMILES string of the molecule is N#Cc1ccc(-n2c3ccccc3c3cc4c(cc32)c2ccccc2n4-c2ccccc2)c(C=N)c1-n1c2ccccc2c2ccccc21. The lowest BCUT2D eigenvalue weighted by atomic mass is 10.0. The number of nitrogens with one attached hydrogen (secondary N) is 1. The molecular formula is C44H27N5. The van der Waals surface area contributed by atoms with Gasteiger partial charge in [-0.3, -0.25) is 0 Å². The molecule has 0 amide bonds. The molecule has 0 unspecified atom stereocenters. The van der Waals surface area contributed by atoms with Gasteiger partial charge in [0.15, 0.2) is 0 Å². The van der Waals surface area contributed by atoms with Crippen LogP contribution in [0.4, 0.5) is 0 Å². The summed E-state index contributed by atoms with van der Waals surface area (Å²) in [5.74, 6) is 0. The van der Waals surface area contributed by atoms with Gasteiger partial charge in [0, 0.05) is 49.8 Å². The zero-order valence-corrected chi connectivity index (χ0v) is 26.3. The maximum Gasteiger partial charge on any atom is 0.101 e. The molecule has 0 saturated carbocycles. The number of hydrogen-bond donors (Lipinski definition) is 1. The average molecular weight is 626 g/mol. The van der Waals surface area contributed by atoms with Gasteiger partial charge in [-0.1, -0.05) is 91.0 Å². The Balaban J connectivity index is 1.35. The molecule has 0 aliphatic carbocycles. The Morgan fingerprint density at radius 2 is 0.898 bits per heavy atom. The van der Waals surface area contributed by atoms with Crippen LogP contribution in [0.5, 0.6) is 0 Å². The maximum absolute atomic E-state index is 10.5. The van der Waals surface area contributed by atoms with Crippen molar-refractivity contribution in [2.24, 2.45) is 0 Å². The van der Waals surface area contributed by atoms with Gasteiger partial charge >= 0.3 is 0 Å². The van der Waals surface area contributed by atoms with Crippen LogP contribution < -0.4 is 0 Å². The molecule has 0 aliphatic rings. The fraction of sp³-hybridized carbons (Fsp3) is 0. The lowest BCUT2D eigenvalue weighted by Crippen LogP contribution is -2.08. The standard InChI is InChI=1S/C44H27N5/c45-26-28-22-23-41(36(27-46)44(28)49-39-20-10-4-14-30(39)31-15-5-11-21-40(31)49)48-38-19-9-7-17-33(38)35-24-42-34(25-43(35)48)32-16-6-8-18-37(32)47(42)29-12-2-1-3-13-29/h1-25,27,46H. The van der Waals surface area contributed by atoms with Crippen LogP contribution in [0.3, 0.4) is 0 Å². The molecule has 228 valence electrons. The van der Waals surface area contributed by atoms with Crippen LogP contribution in [0.2, 0.25) is 0 Å². The molecule has 3 aromatic heterocycles. The van der Waals surface area contributed by atoms with Gasteiger partial charge in [-0.05, 0) is 60.7 Å². The Morgan fingerprint density at radius 1 is 0.449 bits per heavy atom. The molecule has 7 aromatic carbocycles. The van der Waals surface area contributed by atoms with E-state index >= 15 is 0 Å². The van der Waals surface area contributed by atoms with Gasteiger partial charge < -0.3 is 19.1 Å². The van der Waals surface area contributed by atoms with E-state index in [-0.39, 0.29) is 0 Å². The predicted octanol–water partition coefficient (Wildman–Crippen LogP) is 10.8. The molecule has 3 heterocycles. The second kappa shape index (κ2) is 10.3. The summed E-state index contributed by atoms with van der Waals surface area (Å²) < 4.78 is 6.78. The minimum Gasteiger partial charge on any atom is -0.309 e. The van der Waals surface area contributed by atoms with Crippen molar-refractivity contribution in [2.45, 2.75) is 0 Å². The Morgan fingerprint density at radius 3 is 1.43 bits per heavy atom. The Kier molecular flexibility index (Phi) is 5.73. The quantitative estimate of drug-likeness (QED) is 0.194. The van der Waals surface area contributed by atoms with E-state index in [2.05, 4.69) is 135 Å². The molecule has 0 fully saturated rings. The second-order valence-corrected chi connectivity index (χ2v) is 12.4. The number of nitriles is 1. The summed E-state index contributed by atoms with van der Waals surface area (Å²) in [6, 6.07) is 55.2. The lowest BCUT2D eigenvalue weighted by molar-refractivity contribution is 1.12. The molecule has 10 rings (SSSR count). The van der Waals surface area contributed by atoms with Crippen molar-refractivity contribution in [3.63, 3.8) is 0 Å². The first-order valence-corrected chi connectivity index (χ1v) is 16.3. The predicted molar refractivity (Wildman–Crippen MR) is 202 cm³/mol. The third-order valence-electron chi connectivity index (χ3n) is 9.98. The Bertz CT molecular complexity index is 2970. The van der Waals surface area contributed by atoms with Gasteiger partial charge in [-0.15, -0.1) is 0 Å². The molecule has 5 nitrogen and oxygen atoms in total. The monoisotopic (exact) mass is 625 g/mol. The summed E-state index contributed by atoms with van der Waals surface area (Å²) in [6.45, 7) is 0. The van der Waals surface area contributed by atoms with Crippen LogP contribution in [0.15, 0.2) is 152 Å². The normalized spacial score (nSPS) is 11.7. The number of nitrogens with zero attached hydrogens (tertiary/aromatic N) is 4. The molecular weight excluding hydrogens is 599 g/mol. The summed E-state index contributed by atoms with van der Waals surface area (Å²) in [7, 11) is 0. The average Bonchev–Trinajstić information content (AvgIpc) is 3.79. The minimum absolute atomic E-state index is 0.517. The van der Waals surface area contributed by atoms with Gasteiger partial charge in [0.2, 0.25) is 0 Å². The van der Waals surface area contributed by atoms with Gasteiger partial charge in [-0.2, -0.15) is 5.26 Å². The first-order chi connectivity index (χ1) is 24.3. The summed E-state index contributed by atoms with van der Waals surface area (Å²) in [4.78, 5) is 0. The van der Waals surface area contributed by atoms with Crippen molar-refractivity contribution < 1.29 is 0 Å².